The molecule has 1 aliphatic heterocycles. The number of piperidine rings is 1. The number of fused-ring (bicyclic) bond motifs is 1. The van der Waals surface area contributed by atoms with Gasteiger partial charge in [-0.05, 0) is 63.3 Å². The first-order valence-electron chi connectivity index (χ1n) is 12.2. The van der Waals surface area contributed by atoms with Crippen molar-refractivity contribution in [1.29, 1.82) is 0 Å². The Kier molecular flexibility index (Phi) is 7.48. The zero-order valence-electron chi connectivity index (χ0n) is 18.9. The Morgan fingerprint density at radius 1 is 1.13 bits per heavy atom. The topological polar surface area (TPSA) is 102 Å². The third kappa shape index (κ3) is 5.59. The van der Waals surface area contributed by atoms with Crippen LogP contribution >= 0.6 is 0 Å². The molecule has 0 bridgehead atoms. The standard InChI is InChI=1S/C23H38N6O2/c1-2-3-14-31-22-26-20(24)19-21(27-22)29(23(30)25-19)13-7-11-18-10-6-12-28(16-18)15-17-8-4-5-9-17/h17-18H,2-16H2,1H3,(H,25,30)(H2,24,26,27). The van der Waals surface area contributed by atoms with Crippen molar-refractivity contribution in [1.82, 2.24) is 24.4 Å². The van der Waals surface area contributed by atoms with Gasteiger partial charge in [0.1, 0.15) is 5.52 Å². The summed E-state index contributed by atoms with van der Waals surface area (Å²) in [5.74, 6) is 1.91. The van der Waals surface area contributed by atoms with Crippen LogP contribution in [0.3, 0.4) is 0 Å². The summed E-state index contributed by atoms with van der Waals surface area (Å²) < 4.78 is 7.32. The zero-order valence-corrected chi connectivity index (χ0v) is 18.9. The van der Waals surface area contributed by atoms with Gasteiger partial charge in [-0.2, -0.15) is 9.97 Å². The van der Waals surface area contributed by atoms with Gasteiger partial charge < -0.3 is 20.4 Å². The maximum Gasteiger partial charge on any atom is 0.327 e. The number of anilines is 1. The molecule has 3 N–H and O–H groups in total. The van der Waals surface area contributed by atoms with Crippen molar-refractivity contribution in [2.45, 2.75) is 77.7 Å². The Bertz CT molecular complexity index is 901. The number of nitrogens with one attached hydrogen (secondary N) is 1. The summed E-state index contributed by atoms with van der Waals surface area (Å²) in [6.07, 6.45) is 12.3. The van der Waals surface area contributed by atoms with Gasteiger partial charge in [0.25, 0.3) is 0 Å². The van der Waals surface area contributed by atoms with Crippen LogP contribution in [0.25, 0.3) is 11.2 Å². The Labute approximate surface area is 184 Å². The fourth-order valence-corrected chi connectivity index (χ4v) is 5.26. The minimum Gasteiger partial charge on any atom is -0.463 e. The first-order valence-corrected chi connectivity index (χ1v) is 12.2. The molecule has 8 nitrogen and oxygen atoms in total. The lowest BCUT2D eigenvalue weighted by Gasteiger charge is -2.34. The summed E-state index contributed by atoms with van der Waals surface area (Å²) in [4.78, 5) is 26.7. The Balaban J connectivity index is 1.34. The van der Waals surface area contributed by atoms with Crippen LogP contribution in [0, 0.1) is 11.8 Å². The van der Waals surface area contributed by atoms with E-state index in [4.69, 9.17) is 10.5 Å². The van der Waals surface area contributed by atoms with Crippen LogP contribution < -0.4 is 16.2 Å². The number of hydrogen-bond acceptors (Lipinski definition) is 6. The molecule has 0 amide bonds. The van der Waals surface area contributed by atoms with Crippen molar-refractivity contribution in [2.75, 3.05) is 32.0 Å². The predicted molar refractivity (Wildman–Crippen MR) is 123 cm³/mol. The highest BCUT2D eigenvalue weighted by Gasteiger charge is 2.24. The molecular weight excluding hydrogens is 392 g/mol. The lowest BCUT2D eigenvalue weighted by atomic mass is 9.92. The van der Waals surface area contributed by atoms with Gasteiger partial charge in [-0.1, -0.05) is 26.2 Å². The number of ether oxygens (including phenoxy) is 1. The summed E-state index contributed by atoms with van der Waals surface area (Å²) in [6, 6.07) is 0.251. The van der Waals surface area contributed by atoms with E-state index in [0.29, 0.717) is 24.3 Å². The summed E-state index contributed by atoms with van der Waals surface area (Å²) in [5.41, 5.74) is 6.94. The first-order chi connectivity index (χ1) is 15.1. The van der Waals surface area contributed by atoms with E-state index in [0.717, 1.165) is 37.5 Å². The van der Waals surface area contributed by atoms with Crippen molar-refractivity contribution in [3.05, 3.63) is 10.5 Å². The van der Waals surface area contributed by atoms with Crippen LogP contribution in [0.15, 0.2) is 4.79 Å². The minimum absolute atomic E-state index is 0.173. The molecule has 2 aromatic rings. The minimum atomic E-state index is -0.173. The lowest BCUT2D eigenvalue weighted by Crippen LogP contribution is -2.38. The molecule has 31 heavy (non-hydrogen) atoms. The molecule has 2 fully saturated rings. The van der Waals surface area contributed by atoms with Crippen LogP contribution in [-0.2, 0) is 6.54 Å². The summed E-state index contributed by atoms with van der Waals surface area (Å²) in [7, 11) is 0. The monoisotopic (exact) mass is 430 g/mol. The average molecular weight is 431 g/mol. The number of aromatic amines is 1. The van der Waals surface area contributed by atoms with Crippen LogP contribution in [0.1, 0.15) is 71.1 Å². The molecule has 1 aliphatic carbocycles. The second kappa shape index (κ2) is 10.5. The van der Waals surface area contributed by atoms with E-state index in [-0.39, 0.29) is 17.5 Å². The van der Waals surface area contributed by atoms with Gasteiger partial charge in [0.15, 0.2) is 11.5 Å². The number of nitrogens with zero attached hydrogens (tertiary/aromatic N) is 4. The second-order valence-corrected chi connectivity index (χ2v) is 9.43. The number of nitrogen functional groups attached to an aromatic ring is 1. The third-order valence-electron chi connectivity index (χ3n) is 6.95. The quantitative estimate of drug-likeness (QED) is 0.559. The van der Waals surface area contributed by atoms with Gasteiger partial charge in [-0.3, -0.25) is 4.57 Å². The molecule has 1 unspecified atom stereocenters. The van der Waals surface area contributed by atoms with E-state index in [1.807, 2.05) is 0 Å². The van der Waals surface area contributed by atoms with Gasteiger partial charge in [0, 0.05) is 19.6 Å². The molecule has 0 aromatic carbocycles. The number of rotatable bonds is 10. The number of hydrogen-bond donors (Lipinski definition) is 2. The molecule has 1 saturated heterocycles. The van der Waals surface area contributed by atoms with Gasteiger partial charge in [-0.15, -0.1) is 0 Å². The highest BCUT2D eigenvalue weighted by molar-refractivity contribution is 5.81. The Morgan fingerprint density at radius 2 is 1.94 bits per heavy atom. The van der Waals surface area contributed by atoms with E-state index in [2.05, 4.69) is 26.8 Å². The number of aryl methyl sites for hydroxylation is 1. The molecule has 0 radical (unpaired) electrons. The van der Waals surface area contributed by atoms with Crippen molar-refractivity contribution in [2.24, 2.45) is 11.8 Å². The van der Waals surface area contributed by atoms with Gasteiger partial charge in [0.2, 0.25) is 0 Å². The van der Waals surface area contributed by atoms with Crippen molar-refractivity contribution in [3.8, 4) is 6.01 Å². The number of unbranched alkanes of at least 4 members (excludes halogenated alkanes) is 1. The number of nitrogens with two attached hydrogens (primary N) is 1. The Morgan fingerprint density at radius 3 is 2.74 bits per heavy atom. The van der Waals surface area contributed by atoms with Crippen LogP contribution in [0.5, 0.6) is 6.01 Å². The number of H-pyrrole nitrogens is 1. The SMILES string of the molecule is CCCCOc1nc(N)c2[nH]c(=O)n(CCCC3CCCN(CC4CCCC4)C3)c2n1. The first kappa shape index (κ1) is 22.1. The molecule has 2 aromatic heterocycles. The third-order valence-corrected chi connectivity index (χ3v) is 6.95. The summed E-state index contributed by atoms with van der Waals surface area (Å²) >= 11 is 0. The molecule has 172 valence electrons. The van der Waals surface area contributed by atoms with E-state index in [9.17, 15) is 4.79 Å². The second-order valence-electron chi connectivity index (χ2n) is 9.43. The molecule has 3 heterocycles. The molecule has 8 heteroatoms. The maximum absolute atomic E-state index is 12.5. The summed E-state index contributed by atoms with van der Waals surface area (Å²) in [6.45, 7) is 7.05. The predicted octanol–water partition coefficient (Wildman–Crippen LogP) is 3.56. The van der Waals surface area contributed by atoms with Crippen LogP contribution in [0.2, 0.25) is 0 Å². The van der Waals surface area contributed by atoms with Crippen molar-refractivity contribution in [3.63, 3.8) is 0 Å². The van der Waals surface area contributed by atoms with Crippen LogP contribution in [0.4, 0.5) is 5.82 Å². The maximum atomic E-state index is 12.5. The average Bonchev–Trinajstić information content (AvgIpc) is 3.37. The van der Waals surface area contributed by atoms with Gasteiger partial charge in [-0.25, -0.2) is 4.79 Å². The summed E-state index contributed by atoms with van der Waals surface area (Å²) in [5, 5.41) is 0. The normalized spacial score (nSPS) is 20.6. The fourth-order valence-electron chi connectivity index (χ4n) is 5.26. The van der Waals surface area contributed by atoms with Gasteiger partial charge in [0.05, 0.1) is 6.61 Å². The largest absolute Gasteiger partial charge is 0.463 e. The van der Waals surface area contributed by atoms with E-state index >= 15 is 0 Å². The Hall–Kier alpha value is -2.09. The van der Waals surface area contributed by atoms with E-state index < -0.39 is 0 Å². The molecule has 4 rings (SSSR count). The smallest absolute Gasteiger partial charge is 0.327 e. The number of imidazole rings is 1. The molecule has 1 atom stereocenters. The van der Waals surface area contributed by atoms with E-state index in [1.165, 1.54) is 58.2 Å². The van der Waals surface area contributed by atoms with Gasteiger partial charge >= 0.3 is 11.7 Å². The molecule has 1 saturated carbocycles. The van der Waals surface area contributed by atoms with Crippen molar-refractivity contribution >= 4 is 17.0 Å². The number of aromatic nitrogens is 4. The van der Waals surface area contributed by atoms with E-state index in [1.54, 1.807) is 4.57 Å². The van der Waals surface area contributed by atoms with Crippen LogP contribution in [-0.4, -0.2) is 50.7 Å². The molecule has 2 aliphatic rings. The fraction of sp³-hybridized carbons (Fsp3) is 0.783. The lowest BCUT2D eigenvalue weighted by molar-refractivity contribution is 0.145. The highest BCUT2D eigenvalue weighted by Crippen LogP contribution is 2.28. The zero-order chi connectivity index (χ0) is 21.6. The molecular formula is C23H38N6O2. The number of likely N-dealkylation sites (tertiary alicyclic amines) is 1. The van der Waals surface area contributed by atoms with Crippen molar-refractivity contribution < 1.29 is 4.74 Å². The highest BCUT2D eigenvalue weighted by atomic mass is 16.5. The molecule has 0 spiro atoms.